The fraction of sp³-hybridized carbons (Fsp3) is 0.150. The number of amides is 1. The normalized spacial score (nSPS) is 12.5. The summed E-state index contributed by atoms with van der Waals surface area (Å²) in [5.74, 6) is 5.52. The van der Waals surface area contributed by atoms with E-state index in [-0.39, 0.29) is 5.91 Å². The molecule has 2 heterocycles. The summed E-state index contributed by atoms with van der Waals surface area (Å²) in [5.41, 5.74) is 3.66. The molecule has 0 saturated heterocycles. The Hall–Kier alpha value is -3.10. The number of anilines is 3. The topological polar surface area (TPSA) is 58.1 Å². The summed E-state index contributed by atoms with van der Waals surface area (Å²) >= 11 is 6.33. The van der Waals surface area contributed by atoms with E-state index < -0.39 is 0 Å². The zero-order chi connectivity index (χ0) is 18.1. The molecule has 1 aliphatic rings. The van der Waals surface area contributed by atoms with Crippen molar-refractivity contribution in [3.8, 4) is 11.8 Å². The highest BCUT2D eigenvalue weighted by Gasteiger charge is 2.24. The number of halogens is 1. The second-order valence-electron chi connectivity index (χ2n) is 5.90. The number of hydrogen-bond acceptors (Lipinski definition) is 4. The smallest absolute Gasteiger partial charge is 0.300 e. The molecule has 0 bridgehead atoms. The standard InChI is InChI=1S/C20H15ClN4O/c1-2-4-19(26)24-13-7-8-17-15(11-13)20(23-12-22-17)25-10-9-14-16(21)5-3-6-18(14)25/h3,5-8,11-12H,9-10H2,1H3,(H,24,26). The molecule has 1 aromatic heterocycles. The molecular weight excluding hydrogens is 348 g/mol. The van der Waals surface area contributed by atoms with E-state index in [4.69, 9.17) is 11.6 Å². The summed E-state index contributed by atoms with van der Waals surface area (Å²) in [5, 5.41) is 4.41. The number of nitrogens with one attached hydrogen (secondary N) is 1. The number of hydrogen-bond donors (Lipinski definition) is 1. The van der Waals surface area contributed by atoms with Gasteiger partial charge in [0, 0.05) is 28.3 Å². The Morgan fingerprint density at radius 1 is 1.27 bits per heavy atom. The zero-order valence-electron chi connectivity index (χ0n) is 14.1. The maximum Gasteiger partial charge on any atom is 0.300 e. The van der Waals surface area contributed by atoms with Gasteiger partial charge in [-0.3, -0.25) is 4.79 Å². The van der Waals surface area contributed by atoms with Crippen LogP contribution in [0.25, 0.3) is 10.9 Å². The summed E-state index contributed by atoms with van der Waals surface area (Å²) in [6, 6.07) is 11.4. The van der Waals surface area contributed by atoms with Crippen LogP contribution in [0, 0.1) is 11.8 Å². The highest BCUT2D eigenvalue weighted by atomic mass is 35.5. The van der Waals surface area contributed by atoms with Crippen molar-refractivity contribution in [1.29, 1.82) is 0 Å². The van der Waals surface area contributed by atoms with Gasteiger partial charge in [-0.25, -0.2) is 9.97 Å². The van der Waals surface area contributed by atoms with Crippen LogP contribution in [-0.2, 0) is 11.2 Å². The van der Waals surface area contributed by atoms with E-state index in [1.165, 1.54) is 0 Å². The van der Waals surface area contributed by atoms with Gasteiger partial charge >= 0.3 is 0 Å². The predicted octanol–water partition coefficient (Wildman–Crippen LogP) is 3.94. The van der Waals surface area contributed by atoms with Crippen molar-refractivity contribution in [2.45, 2.75) is 13.3 Å². The Labute approximate surface area is 156 Å². The largest absolute Gasteiger partial charge is 0.325 e. The Kier molecular flexibility index (Phi) is 4.19. The third kappa shape index (κ3) is 2.85. The SMILES string of the molecule is CC#CC(=O)Nc1ccc2ncnc(N3CCc4c(Cl)cccc43)c2c1. The number of rotatable bonds is 2. The molecule has 1 aliphatic heterocycles. The Bertz CT molecular complexity index is 1080. The molecule has 26 heavy (non-hydrogen) atoms. The molecule has 4 rings (SSSR count). The van der Waals surface area contributed by atoms with E-state index in [1.54, 1.807) is 13.3 Å². The lowest BCUT2D eigenvalue weighted by molar-refractivity contribution is -0.111. The fourth-order valence-electron chi connectivity index (χ4n) is 3.22. The van der Waals surface area contributed by atoms with Crippen LogP contribution in [-0.4, -0.2) is 22.4 Å². The first-order chi connectivity index (χ1) is 12.7. The van der Waals surface area contributed by atoms with Crippen LogP contribution in [0.15, 0.2) is 42.7 Å². The van der Waals surface area contributed by atoms with Crippen molar-refractivity contribution in [2.24, 2.45) is 0 Å². The number of aromatic nitrogens is 2. The summed E-state index contributed by atoms with van der Waals surface area (Å²) in [4.78, 5) is 22.7. The van der Waals surface area contributed by atoms with E-state index in [1.807, 2.05) is 36.4 Å². The summed E-state index contributed by atoms with van der Waals surface area (Å²) in [7, 11) is 0. The van der Waals surface area contributed by atoms with Crippen LogP contribution < -0.4 is 10.2 Å². The number of nitrogens with zero attached hydrogens (tertiary/aromatic N) is 3. The molecule has 3 aromatic rings. The van der Waals surface area contributed by atoms with Gasteiger partial charge in [0.05, 0.1) is 5.52 Å². The van der Waals surface area contributed by atoms with Crippen LogP contribution >= 0.6 is 11.6 Å². The van der Waals surface area contributed by atoms with Crippen molar-refractivity contribution < 1.29 is 4.79 Å². The molecule has 0 aliphatic carbocycles. The monoisotopic (exact) mass is 362 g/mol. The van der Waals surface area contributed by atoms with Gasteiger partial charge in [-0.2, -0.15) is 0 Å². The minimum Gasteiger partial charge on any atom is -0.325 e. The molecule has 1 N–H and O–H groups in total. The van der Waals surface area contributed by atoms with E-state index in [9.17, 15) is 4.79 Å². The van der Waals surface area contributed by atoms with Crippen molar-refractivity contribution in [3.63, 3.8) is 0 Å². The molecule has 0 fully saturated rings. The van der Waals surface area contributed by atoms with Crippen molar-refractivity contribution in [2.75, 3.05) is 16.8 Å². The summed E-state index contributed by atoms with van der Waals surface area (Å²) < 4.78 is 0. The van der Waals surface area contributed by atoms with Gasteiger partial charge in [0.25, 0.3) is 5.91 Å². The van der Waals surface area contributed by atoms with Gasteiger partial charge in [-0.05, 0) is 55.2 Å². The Balaban J connectivity index is 1.80. The quantitative estimate of drug-likeness (QED) is 0.701. The van der Waals surface area contributed by atoms with Crippen LogP contribution in [0.5, 0.6) is 0 Å². The van der Waals surface area contributed by atoms with Crippen LogP contribution in [0.1, 0.15) is 12.5 Å². The van der Waals surface area contributed by atoms with Crippen molar-refractivity contribution >= 4 is 45.6 Å². The van der Waals surface area contributed by atoms with Crippen molar-refractivity contribution in [1.82, 2.24) is 9.97 Å². The number of fused-ring (bicyclic) bond motifs is 2. The van der Waals surface area contributed by atoms with Gasteiger partial charge in [0.15, 0.2) is 0 Å². The third-order valence-electron chi connectivity index (χ3n) is 4.34. The average molecular weight is 363 g/mol. The van der Waals surface area contributed by atoms with Crippen LogP contribution in [0.4, 0.5) is 17.2 Å². The lowest BCUT2D eigenvalue weighted by Gasteiger charge is -2.20. The molecule has 6 heteroatoms. The second kappa shape index (κ2) is 6.66. The van der Waals surface area contributed by atoms with E-state index in [0.717, 1.165) is 46.0 Å². The molecule has 2 aromatic carbocycles. The van der Waals surface area contributed by atoms with Gasteiger partial charge in [0.1, 0.15) is 12.1 Å². The minimum atomic E-state index is -0.344. The Morgan fingerprint density at radius 3 is 3.00 bits per heavy atom. The molecule has 0 atom stereocenters. The molecule has 5 nitrogen and oxygen atoms in total. The predicted molar refractivity (Wildman–Crippen MR) is 104 cm³/mol. The minimum absolute atomic E-state index is 0.344. The average Bonchev–Trinajstić information content (AvgIpc) is 3.07. The fourth-order valence-corrected chi connectivity index (χ4v) is 3.49. The lowest BCUT2D eigenvalue weighted by atomic mass is 10.1. The van der Waals surface area contributed by atoms with Gasteiger partial charge in [0.2, 0.25) is 0 Å². The highest BCUT2D eigenvalue weighted by molar-refractivity contribution is 6.31. The van der Waals surface area contributed by atoms with Crippen molar-refractivity contribution in [3.05, 3.63) is 53.3 Å². The first-order valence-electron chi connectivity index (χ1n) is 8.21. The number of carbonyl (C=O) groups is 1. The molecule has 128 valence electrons. The van der Waals surface area contributed by atoms with E-state index >= 15 is 0 Å². The van der Waals surface area contributed by atoms with E-state index in [0.29, 0.717) is 5.69 Å². The van der Waals surface area contributed by atoms with Gasteiger partial charge in [-0.1, -0.05) is 23.6 Å². The highest BCUT2D eigenvalue weighted by Crippen LogP contribution is 2.39. The maximum atomic E-state index is 11.7. The second-order valence-corrected chi connectivity index (χ2v) is 6.30. The van der Waals surface area contributed by atoms with Gasteiger partial charge in [-0.15, -0.1) is 0 Å². The maximum absolute atomic E-state index is 11.7. The molecule has 1 amide bonds. The zero-order valence-corrected chi connectivity index (χ0v) is 14.8. The van der Waals surface area contributed by atoms with Crippen LogP contribution in [0.2, 0.25) is 5.02 Å². The molecule has 0 unspecified atom stereocenters. The molecule has 0 radical (unpaired) electrons. The first-order valence-corrected chi connectivity index (χ1v) is 8.58. The lowest BCUT2D eigenvalue weighted by Crippen LogP contribution is -2.15. The Morgan fingerprint density at radius 2 is 2.15 bits per heavy atom. The van der Waals surface area contributed by atoms with E-state index in [2.05, 4.69) is 32.0 Å². The first kappa shape index (κ1) is 16.4. The number of carbonyl (C=O) groups excluding carboxylic acids is 1. The summed E-state index contributed by atoms with van der Waals surface area (Å²) in [6.45, 7) is 2.42. The summed E-state index contributed by atoms with van der Waals surface area (Å²) in [6.07, 6.45) is 2.42. The third-order valence-corrected chi connectivity index (χ3v) is 4.69. The van der Waals surface area contributed by atoms with Gasteiger partial charge < -0.3 is 10.2 Å². The molecule has 0 spiro atoms. The molecular formula is C20H15ClN4O. The molecule has 0 saturated carbocycles. The number of benzene rings is 2. The van der Waals surface area contributed by atoms with Crippen LogP contribution in [0.3, 0.4) is 0 Å².